The van der Waals surface area contributed by atoms with Gasteiger partial charge in [-0.15, -0.1) is 11.3 Å². The van der Waals surface area contributed by atoms with Crippen molar-refractivity contribution in [3.63, 3.8) is 0 Å². The Morgan fingerprint density at radius 1 is 1.41 bits per heavy atom. The number of nitrogens with one attached hydrogen (secondary N) is 1. The van der Waals surface area contributed by atoms with Gasteiger partial charge in [0.1, 0.15) is 0 Å². The topological polar surface area (TPSA) is 98.0 Å². The molecule has 22 heavy (non-hydrogen) atoms. The van der Waals surface area contributed by atoms with Crippen LogP contribution in [0.2, 0.25) is 0 Å². The van der Waals surface area contributed by atoms with Crippen LogP contribution in [0.3, 0.4) is 0 Å². The minimum absolute atomic E-state index is 0.130. The molecule has 0 aliphatic rings. The normalized spacial score (nSPS) is 10.6. The molecule has 7 heteroatoms. The summed E-state index contributed by atoms with van der Waals surface area (Å²) in [5.74, 6) is -0.184. The zero-order valence-corrected chi connectivity index (χ0v) is 12.5. The molecule has 1 amide bonds. The van der Waals surface area contributed by atoms with E-state index >= 15 is 0 Å². The number of nitrogens with zero attached hydrogens (tertiary/aromatic N) is 2. The quantitative estimate of drug-likeness (QED) is 0.724. The van der Waals surface area contributed by atoms with Crippen molar-refractivity contribution in [3.05, 3.63) is 46.6 Å². The molecule has 110 valence electrons. The van der Waals surface area contributed by atoms with Gasteiger partial charge in [0.2, 0.25) is 5.95 Å². The first-order valence-corrected chi connectivity index (χ1v) is 7.28. The first kappa shape index (κ1) is 14.2. The van der Waals surface area contributed by atoms with E-state index in [-0.39, 0.29) is 11.9 Å². The zero-order valence-electron chi connectivity index (χ0n) is 11.7. The lowest BCUT2D eigenvalue weighted by atomic mass is 10.2. The van der Waals surface area contributed by atoms with Crippen molar-refractivity contribution in [3.8, 4) is 0 Å². The van der Waals surface area contributed by atoms with Gasteiger partial charge in [-0.1, -0.05) is 12.1 Å². The first-order chi connectivity index (χ1) is 10.6. The maximum Gasteiger partial charge on any atom is 0.259 e. The van der Waals surface area contributed by atoms with Crippen LogP contribution in [0.5, 0.6) is 0 Å². The molecule has 3 aromatic rings. The van der Waals surface area contributed by atoms with Crippen molar-refractivity contribution in [2.24, 2.45) is 0 Å². The number of aryl methyl sites for hydroxylation is 1. The van der Waals surface area contributed by atoms with Crippen molar-refractivity contribution in [1.82, 2.24) is 9.97 Å². The number of benzene rings is 1. The van der Waals surface area contributed by atoms with Gasteiger partial charge in [0.15, 0.2) is 6.29 Å². The number of thiophene rings is 1. The van der Waals surface area contributed by atoms with Gasteiger partial charge in [0, 0.05) is 6.20 Å². The van der Waals surface area contributed by atoms with Crippen LogP contribution in [-0.4, -0.2) is 22.2 Å². The molecule has 3 rings (SSSR count). The molecule has 0 spiro atoms. The summed E-state index contributed by atoms with van der Waals surface area (Å²) in [5, 5.41) is 3.75. The Kier molecular flexibility index (Phi) is 3.56. The van der Waals surface area contributed by atoms with Crippen LogP contribution in [0, 0.1) is 6.92 Å². The second-order valence-corrected chi connectivity index (χ2v) is 5.76. The number of anilines is 2. The van der Waals surface area contributed by atoms with E-state index < -0.39 is 0 Å². The van der Waals surface area contributed by atoms with Gasteiger partial charge < -0.3 is 11.1 Å². The van der Waals surface area contributed by atoms with E-state index in [0.29, 0.717) is 21.8 Å². The molecule has 0 aliphatic carbocycles. The Hall–Kier alpha value is -2.80. The molecule has 3 N–H and O–H groups in total. The summed E-state index contributed by atoms with van der Waals surface area (Å²) in [6.07, 6.45) is 2.20. The van der Waals surface area contributed by atoms with Crippen LogP contribution in [-0.2, 0) is 0 Å². The highest BCUT2D eigenvalue weighted by molar-refractivity contribution is 7.21. The predicted octanol–water partition coefficient (Wildman–Crippen LogP) is 2.65. The van der Waals surface area contributed by atoms with E-state index in [1.807, 2.05) is 12.1 Å². The Bertz CT molecular complexity index is 888. The van der Waals surface area contributed by atoms with Crippen LogP contribution in [0.4, 0.5) is 11.6 Å². The number of aromatic nitrogens is 2. The zero-order chi connectivity index (χ0) is 15.7. The minimum Gasteiger partial charge on any atom is -0.368 e. The number of aldehydes is 1. The minimum atomic E-state index is -0.314. The summed E-state index contributed by atoms with van der Waals surface area (Å²) in [6.45, 7) is 1.70. The molecule has 0 aliphatic heterocycles. The van der Waals surface area contributed by atoms with Gasteiger partial charge in [-0.3, -0.25) is 9.59 Å². The van der Waals surface area contributed by atoms with E-state index in [9.17, 15) is 9.59 Å². The SMILES string of the molecule is Cc1nc(N)ncc1C(=O)Nc1cccc2cc(C=O)sc12. The molecule has 6 nitrogen and oxygen atoms in total. The number of nitrogens with two attached hydrogens (primary N) is 1. The van der Waals surface area contributed by atoms with Gasteiger partial charge in [-0.05, 0) is 24.4 Å². The average molecular weight is 312 g/mol. The molecule has 0 saturated carbocycles. The number of fused-ring (bicyclic) bond motifs is 1. The molecule has 0 radical (unpaired) electrons. The molecule has 2 aromatic heterocycles. The Morgan fingerprint density at radius 2 is 2.23 bits per heavy atom. The molecular weight excluding hydrogens is 300 g/mol. The maximum atomic E-state index is 12.4. The number of carbonyl (C=O) groups is 2. The highest BCUT2D eigenvalue weighted by atomic mass is 32.1. The lowest BCUT2D eigenvalue weighted by Crippen LogP contribution is -2.15. The summed E-state index contributed by atoms with van der Waals surface area (Å²) in [4.78, 5) is 31.7. The maximum absolute atomic E-state index is 12.4. The standard InChI is InChI=1S/C15H12N4O2S/c1-8-11(6-17-15(16)18-8)14(21)19-12-4-2-3-9-5-10(7-20)22-13(9)12/h2-7H,1H3,(H,19,21)(H2,16,17,18). The Morgan fingerprint density at radius 3 is 2.95 bits per heavy atom. The number of nitrogen functional groups attached to an aromatic ring is 1. The monoisotopic (exact) mass is 312 g/mol. The Labute approximate surface area is 130 Å². The molecule has 2 heterocycles. The molecule has 1 aromatic carbocycles. The summed E-state index contributed by atoms with van der Waals surface area (Å²) in [7, 11) is 0. The fraction of sp³-hybridized carbons (Fsp3) is 0.0667. The van der Waals surface area contributed by atoms with Gasteiger partial charge in [-0.2, -0.15) is 0 Å². The molecule has 0 atom stereocenters. The fourth-order valence-electron chi connectivity index (χ4n) is 2.14. The van der Waals surface area contributed by atoms with Crippen LogP contribution >= 0.6 is 11.3 Å². The second-order valence-electron chi connectivity index (χ2n) is 4.67. The number of hydrogen-bond acceptors (Lipinski definition) is 6. The third-order valence-corrected chi connectivity index (χ3v) is 4.28. The third kappa shape index (κ3) is 2.53. The van der Waals surface area contributed by atoms with E-state index in [2.05, 4.69) is 15.3 Å². The van der Waals surface area contributed by atoms with Crippen LogP contribution < -0.4 is 11.1 Å². The van der Waals surface area contributed by atoms with E-state index in [1.54, 1.807) is 19.1 Å². The van der Waals surface area contributed by atoms with E-state index in [0.717, 1.165) is 16.4 Å². The summed E-state index contributed by atoms with van der Waals surface area (Å²) in [5.41, 5.74) is 7.01. The summed E-state index contributed by atoms with van der Waals surface area (Å²) < 4.78 is 0.854. The first-order valence-electron chi connectivity index (χ1n) is 6.46. The molecule has 0 fully saturated rings. The number of carbonyl (C=O) groups excluding carboxylic acids is 2. The highest BCUT2D eigenvalue weighted by Crippen LogP contribution is 2.31. The summed E-state index contributed by atoms with van der Waals surface area (Å²) >= 11 is 1.33. The van der Waals surface area contributed by atoms with Crippen LogP contribution in [0.1, 0.15) is 25.7 Å². The van der Waals surface area contributed by atoms with Gasteiger partial charge in [-0.25, -0.2) is 9.97 Å². The van der Waals surface area contributed by atoms with E-state index in [4.69, 9.17) is 5.73 Å². The van der Waals surface area contributed by atoms with Crippen molar-refractivity contribution >= 4 is 45.3 Å². The van der Waals surface area contributed by atoms with Crippen LogP contribution in [0.25, 0.3) is 10.1 Å². The van der Waals surface area contributed by atoms with E-state index in [1.165, 1.54) is 17.5 Å². The van der Waals surface area contributed by atoms with Crippen molar-refractivity contribution < 1.29 is 9.59 Å². The second kappa shape index (κ2) is 5.53. The lowest BCUT2D eigenvalue weighted by molar-refractivity contribution is 0.102. The van der Waals surface area contributed by atoms with Crippen molar-refractivity contribution in [1.29, 1.82) is 0 Å². The molecule has 0 bridgehead atoms. The van der Waals surface area contributed by atoms with Gasteiger partial charge in [0.05, 0.1) is 26.5 Å². The highest BCUT2D eigenvalue weighted by Gasteiger charge is 2.14. The van der Waals surface area contributed by atoms with Crippen LogP contribution in [0.15, 0.2) is 30.5 Å². The third-order valence-electron chi connectivity index (χ3n) is 3.17. The molecular formula is C15H12N4O2S. The Balaban J connectivity index is 1.97. The molecule has 0 unspecified atom stereocenters. The predicted molar refractivity (Wildman–Crippen MR) is 86.3 cm³/mol. The summed E-state index contributed by atoms with van der Waals surface area (Å²) in [6, 6.07) is 7.30. The lowest BCUT2D eigenvalue weighted by Gasteiger charge is -2.08. The van der Waals surface area contributed by atoms with Crippen molar-refractivity contribution in [2.45, 2.75) is 6.92 Å². The van der Waals surface area contributed by atoms with Gasteiger partial charge >= 0.3 is 0 Å². The smallest absolute Gasteiger partial charge is 0.259 e. The number of rotatable bonds is 3. The van der Waals surface area contributed by atoms with Gasteiger partial charge in [0.25, 0.3) is 5.91 Å². The fourth-order valence-corrected chi connectivity index (χ4v) is 3.08. The van der Waals surface area contributed by atoms with Crippen molar-refractivity contribution in [2.75, 3.05) is 11.1 Å². The number of amides is 1. The molecule has 0 saturated heterocycles. The average Bonchev–Trinajstić information content (AvgIpc) is 2.91. The largest absolute Gasteiger partial charge is 0.368 e. The number of hydrogen-bond donors (Lipinski definition) is 2.